The summed E-state index contributed by atoms with van der Waals surface area (Å²) in [6.45, 7) is -1.62. The van der Waals surface area contributed by atoms with E-state index in [0.717, 1.165) is 36.1 Å². The van der Waals surface area contributed by atoms with Gasteiger partial charge in [-0.05, 0) is 48.9 Å². The molecule has 0 spiro atoms. The van der Waals surface area contributed by atoms with Gasteiger partial charge in [0.05, 0.1) is 43.1 Å². The van der Waals surface area contributed by atoms with Crippen LogP contribution >= 0.6 is 0 Å². The zero-order chi connectivity index (χ0) is 24.8. The number of carbonyl (C=O) groups excluding carboxylic acids is 1. The van der Waals surface area contributed by atoms with Crippen molar-refractivity contribution in [2.45, 2.75) is 44.5 Å². The molecule has 0 unspecified atom stereocenters. The molecule has 1 N–H and O–H groups in total. The number of aryl methyl sites for hydroxylation is 1. The highest BCUT2D eigenvalue weighted by Gasteiger charge is 2.27. The van der Waals surface area contributed by atoms with Crippen LogP contribution in [0.5, 0.6) is 5.88 Å². The molecular weight excluding hydrogens is 461 g/mol. The number of ether oxygens (including phenoxy) is 2. The molecule has 0 aliphatic heterocycles. The van der Waals surface area contributed by atoms with Crippen LogP contribution in [0, 0.1) is 0 Å². The Bertz CT molecular complexity index is 1150. The molecule has 1 atom stereocenters. The Balaban J connectivity index is 1.44. The van der Waals surface area contributed by atoms with E-state index in [1.807, 2.05) is 12.1 Å². The van der Waals surface area contributed by atoms with Crippen molar-refractivity contribution in [1.29, 1.82) is 0 Å². The van der Waals surface area contributed by atoms with Crippen molar-refractivity contribution < 1.29 is 27.4 Å². The summed E-state index contributed by atoms with van der Waals surface area (Å²) in [4.78, 5) is 25.7. The molecule has 1 aromatic carbocycles. The molecule has 10 heteroatoms. The van der Waals surface area contributed by atoms with Crippen LogP contribution in [-0.4, -0.2) is 46.8 Å². The van der Waals surface area contributed by atoms with Crippen LogP contribution in [0.15, 0.2) is 48.9 Å². The lowest BCUT2D eigenvalue weighted by atomic mass is 9.94. The van der Waals surface area contributed by atoms with Gasteiger partial charge in [0.15, 0.2) is 0 Å². The summed E-state index contributed by atoms with van der Waals surface area (Å²) in [6.07, 6.45) is 3.49. The molecular formula is C25H25F3N4O3. The first-order chi connectivity index (χ1) is 16.8. The fraction of sp³-hybridized carbons (Fsp3) is 0.360. The van der Waals surface area contributed by atoms with E-state index in [-0.39, 0.29) is 18.6 Å². The van der Waals surface area contributed by atoms with Crippen LogP contribution in [0.25, 0.3) is 11.3 Å². The molecule has 0 fully saturated rings. The molecule has 0 saturated carbocycles. The number of pyridine rings is 1. The van der Waals surface area contributed by atoms with E-state index in [1.165, 1.54) is 31.0 Å². The Kier molecular flexibility index (Phi) is 7.60. The summed E-state index contributed by atoms with van der Waals surface area (Å²) in [7, 11) is 1.54. The smallest absolute Gasteiger partial charge is 0.411 e. The highest BCUT2D eigenvalue weighted by molar-refractivity contribution is 5.94. The number of nitrogens with zero attached hydrogens (tertiary/aromatic N) is 3. The Labute approximate surface area is 200 Å². The normalized spacial score (nSPS) is 15.7. The zero-order valence-corrected chi connectivity index (χ0v) is 19.1. The van der Waals surface area contributed by atoms with Gasteiger partial charge in [0.1, 0.15) is 6.61 Å². The van der Waals surface area contributed by atoms with Gasteiger partial charge in [0, 0.05) is 17.8 Å². The average molecular weight is 486 g/mol. The number of nitrogens with one attached hydrogen (secondary N) is 1. The third-order valence-electron chi connectivity index (χ3n) is 5.77. The Morgan fingerprint density at radius 3 is 2.66 bits per heavy atom. The molecule has 1 amide bonds. The van der Waals surface area contributed by atoms with Crippen LogP contribution in [0.1, 0.15) is 40.0 Å². The van der Waals surface area contributed by atoms with Crippen LogP contribution in [0.2, 0.25) is 0 Å². The lowest BCUT2D eigenvalue weighted by Gasteiger charge is -2.19. The van der Waals surface area contributed by atoms with Crippen molar-refractivity contribution >= 4 is 5.91 Å². The molecule has 2 heterocycles. The first kappa shape index (κ1) is 24.6. The molecule has 1 aliphatic carbocycles. The number of alkyl halides is 3. The lowest BCUT2D eigenvalue weighted by molar-refractivity contribution is -0.176. The van der Waals surface area contributed by atoms with Gasteiger partial charge in [0.2, 0.25) is 5.88 Å². The molecule has 1 aliphatic rings. The number of carbonyl (C=O) groups is 1. The maximum atomic E-state index is 12.9. The van der Waals surface area contributed by atoms with Gasteiger partial charge in [-0.25, -0.2) is 9.97 Å². The van der Waals surface area contributed by atoms with Crippen molar-refractivity contribution in [3.63, 3.8) is 0 Å². The topological polar surface area (TPSA) is 86.2 Å². The number of amides is 1. The lowest BCUT2D eigenvalue weighted by Crippen LogP contribution is -2.36. The molecule has 0 bridgehead atoms. The van der Waals surface area contributed by atoms with Crippen LogP contribution in [0.4, 0.5) is 13.2 Å². The fourth-order valence-electron chi connectivity index (χ4n) is 4.11. The van der Waals surface area contributed by atoms with Crippen LogP contribution < -0.4 is 10.1 Å². The minimum atomic E-state index is -4.39. The predicted octanol–water partition coefficient (Wildman–Crippen LogP) is 4.30. The number of hydrogen-bond acceptors (Lipinski definition) is 6. The number of aromatic nitrogens is 3. The van der Waals surface area contributed by atoms with Crippen molar-refractivity contribution in [1.82, 2.24) is 20.3 Å². The molecule has 0 saturated heterocycles. The summed E-state index contributed by atoms with van der Waals surface area (Å²) in [5.74, 6) is 0.155. The number of benzene rings is 1. The van der Waals surface area contributed by atoms with Gasteiger partial charge in [-0.3, -0.25) is 9.78 Å². The molecule has 184 valence electrons. The molecule has 4 rings (SSSR count). The summed E-state index contributed by atoms with van der Waals surface area (Å²) < 4.78 is 46.4. The first-order valence-electron chi connectivity index (χ1n) is 11.2. The van der Waals surface area contributed by atoms with Crippen molar-refractivity contribution in [3.8, 4) is 17.1 Å². The Hall–Kier alpha value is -3.53. The summed E-state index contributed by atoms with van der Waals surface area (Å²) in [5.41, 5.74) is 4.72. The number of rotatable bonds is 7. The minimum absolute atomic E-state index is 0.0918. The van der Waals surface area contributed by atoms with Crippen molar-refractivity contribution in [2.75, 3.05) is 13.7 Å². The van der Waals surface area contributed by atoms with Gasteiger partial charge in [-0.2, -0.15) is 13.2 Å². The monoisotopic (exact) mass is 486 g/mol. The summed E-state index contributed by atoms with van der Waals surface area (Å²) in [5, 5.41) is 3.08. The van der Waals surface area contributed by atoms with Crippen molar-refractivity contribution in [2.24, 2.45) is 0 Å². The van der Waals surface area contributed by atoms with E-state index in [1.54, 1.807) is 12.4 Å². The van der Waals surface area contributed by atoms with Gasteiger partial charge in [0.25, 0.3) is 5.91 Å². The standard InChI is InChI=1S/C25H25F3N4O3/c1-34-23-13-30-22(12-31-23)20-7-3-5-16-4-2-6-18(10-21(16)20)32-24(33)17-8-9-19(29-11-17)14-35-15-25(26,27)28/h3,5,7-9,11-13,18H,2,4,6,10,14-15H2,1H3,(H,32,33)/t18-/m1/s1. The van der Waals surface area contributed by atoms with Gasteiger partial charge < -0.3 is 14.8 Å². The molecule has 3 aromatic rings. The maximum absolute atomic E-state index is 12.9. The summed E-state index contributed by atoms with van der Waals surface area (Å²) >= 11 is 0. The second-order valence-corrected chi connectivity index (χ2v) is 8.30. The Morgan fingerprint density at radius 2 is 1.97 bits per heavy atom. The average Bonchev–Trinajstić information content (AvgIpc) is 3.05. The predicted molar refractivity (Wildman–Crippen MR) is 122 cm³/mol. The van der Waals surface area contributed by atoms with Crippen LogP contribution in [0.3, 0.4) is 0 Å². The van der Waals surface area contributed by atoms with Crippen molar-refractivity contribution in [3.05, 3.63) is 71.3 Å². The third kappa shape index (κ3) is 6.54. The molecule has 2 aromatic heterocycles. The maximum Gasteiger partial charge on any atom is 0.411 e. The SMILES string of the molecule is COc1cnc(-c2cccc3c2C[C@H](NC(=O)c2ccc(COCC(F)(F)F)nc2)CCC3)cn1. The zero-order valence-electron chi connectivity index (χ0n) is 19.1. The quantitative estimate of drug-likeness (QED) is 0.501. The third-order valence-corrected chi connectivity index (χ3v) is 5.77. The van der Waals surface area contributed by atoms with Gasteiger partial charge in [-0.15, -0.1) is 0 Å². The van der Waals surface area contributed by atoms with Gasteiger partial charge in [-0.1, -0.05) is 18.2 Å². The van der Waals surface area contributed by atoms with E-state index < -0.39 is 12.8 Å². The van der Waals surface area contributed by atoms with Gasteiger partial charge >= 0.3 is 6.18 Å². The molecule has 35 heavy (non-hydrogen) atoms. The number of methoxy groups -OCH3 is 1. The first-order valence-corrected chi connectivity index (χ1v) is 11.2. The Morgan fingerprint density at radius 1 is 1.11 bits per heavy atom. The highest BCUT2D eigenvalue weighted by atomic mass is 19.4. The second kappa shape index (κ2) is 10.8. The number of halogens is 3. The largest absolute Gasteiger partial charge is 0.480 e. The highest BCUT2D eigenvalue weighted by Crippen LogP contribution is 2.30. The van der Waals surface area contributed by atoms with Crippen LogP contribution in [-0.2, 0) is 24.2 Å². The number of hydrogen-bond donors (Lipinski definition) is 1. The summed E-state index contributed by atoms with van der Waals surface area (Å²) in [6, 6.07) is 9.05. The van der Waals surface area contributed by atoms with E-state index >= 15 is 0 Å². The van der Waals surface area contributed by atoms with E-state index in [4.69, 9.17) is 4.74 Å². The molecule has 7 nitrogen and oxygen atoms in total. The number of fused-ring (bicyclic) bond motifs is 1. The molecule has 0 radical (unpaired) electrons. The fourth-order valence-corrected chi connectivity index (χ4v) is 4.11. The van der Waals surface area contributed by atoms with E-state index in [9.17, 15) is 18.0 Å². The van der Waals surface area contributed by atoms with E-state index in [2.05, 4.69) is 31.1 Å². The second-order valence-electron chi connectivity index (χ2n) is 8.30. The minimum Gasteiger partial charge on any atom is -0.480 e. The van der Waals surface area contributed by atoms with E-state index in [0.29, 0.717) is 23.6 Å².